The first-order valence-corrected chi connectivity index (χ1v) is 8.90. The van der Waals surface area contributed by atoms with Gasteiger partial charge in [-0.05, 0) is 43.1 Å². The summed E-state index contributed by atoms with van der Waals surface area (Å²) >= 11 is 1.52. The fourth-order valence-electron chi connectivity index (χ4n) is 3.17. The van der Waals surface area contributed by atoms with Crippen LogP contribution in [0.25, 0.3) is 0 Å². The Hall–Kier alpha value is -2.13. The highest BCUT2D eigenvalue weighted by Crippen LogP contribution is 2.44. The number of nitrogens with zero attached hydrogens (tertiary/aromatic N) is 2. The van der Waals surface area contributed by atoms with Crippen molar-refractivity contribution in [1.29, 1.82) is 5.26 Å². The quantitative estimate of drug-likeness (QED) is 0.880. The predicted molar refractivity (Wildman–Crippen MR) is 93.2 cm³/mol. The maximum absolute atomic E-state index is 12.3. The van der Waals surface area contributed by atoms with Gasteiger partial charge in [-0.1, -0.05) is 25.9 Å². The number of carbonyl (C=O) groups is 1. The molecule has 0 unspecified atom stereocenters. The van der Waals surface area contributed by atoms with Gasteiger partial charge in [0.25, 0.3) is 5.91 Å². The average molecular weight is 343 g/mol. The molecule has 5 nitrogen and oxygen atoms in total. The van der Waals surface area contributed by atoms with Crippen molar-refractivity contribution in [2.75, 3.05) is 5.32 Å². The van der Waals surface area contributed by atoms with Gasteiger partial charge in [0.1, 0.15) is 16.8 Å². The van der Waals surface area contributed by atoms with E-state index >= 15 is 0 Å². The Kier molecular flexibility index (Phi) is 4.22. The molecule has 1 aliphatic rings. The first kappa shape index (κ1) is 16.7. The lowest BCUT2D eigenvalue weighted by Gasteiger charge is -2.33. The van der Waals surface area contributed by atoms with Crippen LogP contribution in [-0.2, 0) is 12.8 Å². The van der Waals surface area contributed by atoms with Gasteiger partial charge in [-0.25, -0.2) is 0 Å². The molecule has 1 atom stereocenters. The van der Waals surface area contributed by atoms with Crippen LogP contribution in [0.3, 0.4) is 0 Å². The number of amides is 1. The van der Waals surface area contributed by atoms with Crippen molar-refractivity contribution < 1.29 is 9.32 Å². The smallest absolute Gasteiger partial charge is 0.278 e. The number of hydrogen-bond donors (Lipinski definition) is 1. The number of nitrogens with one attached hydrogen (secondary N) is 1. The normalized spacial score (nSPS) is 17.2. The maximum Gasteiger partial charge on any atom is 0.278 e. The molecule has 0 bridgehead atoms. The van der Waals surface area contributed by atoms with E-state index in [0.717, 1.165) is 24.8 Å². The van der Waals surface area contributed by atoms with Crippen molar-refractivity contribution in [3.8, 4) is 6.07 Å². The summed E-state index contributed by atoms with van der Waals surface area (Å²) < 4.78 is 4.94. The van der Waals surface area contributed by atoms with E-state index in [9.17, 15) is 10.1 Å². The topological polar surface area (TPSA) is 78.9 Å². The predicted octanol–water partition coefficient (Wildman–Crippen LogP) is 4.32. The van der Waals surface area contributed by atoms with Gasteiger partial charge in [0.2, 0.25) is 0 Å². The first-order chi connectivity index (χ1) is 11.3. The molecule has 0 spiro atoms. The standard InChI is InChI=1S/C18H21N3O2S/c1-10-7-14(21-23-10)16(22)20-17-13(9-19)12-6-5-11(18(2,3)4)8-15(12)24-17/h7,11H,5-6,8H2,1-4H3,(H,20,22)/t11-/m1/s1. The van der Waals surface area contributed by atoms with Gasteiger partial charge in [-0.2, -0.15) is 5.26 Å². The van der Waals surface area contributed by atoms with Crippen LogP contribution in [0.1, 0.15) is 59.4 Å². The lowest BCUT2D eigenvalue weighted by Crippen LogP contribution is -2.26. The van der Waals surface area contributed by atoms with Gasteiger partial charge in [-0.15, -0.1) is 11.3 Å². The molecular formula is C18H21N3O2S. The highest BCUT2D eigenvalue weighted by molar-refractivity contribution is 7.16. The summed E-state index contributed by atoms with van der Waals surface area (Å²) in [5.41, 5.74) is 2.19. The van der Waals surface area contributed by atoms with Crippen molar-refractivity contribution in [1.82, 2.24) is 5.16 Å². The lowest BCUT2D eigenvalue weighted by molar-refractivity contribution is 0.101. The van der Waals surface area contributed by atoms with Crippen LogP contribution in [0.15, 0.2) is 10.6 Å². The van der Waals surface area contributed by atoms with Crippen LogP contribution in [0, 0.1) is 29.6 Å². The molecule has 0 saturated heterocycles. The Morgan fingerprint density at radius 2 is 2.25 bits per heavy atom. The number of rotatable bonds is 2. The number of aromatic nitrogens is 1. The van der Waals surface area contributed by atoms with Crippen LogP contribution >= 0.6 is 11.3 Å². The molecule has 2 aromatic heterocycles. The van der Waals surface area contributed by atoms with Gasteiger partial charge in [0.05, 0.1) is 5.56 Å². The fraction of sp³-hybridized carbons (Fsp3) is 0.500. The second kappa shape index (κ2) is 6.06. The van der Waals surface area contributed by atoms with Crippen molar-refractivity contribution in [2.45, 2.75) is 47.0 Å². The van der Waals surface area contributed by atoms with Crippen LogP contribution in [0.4, 0.5) is 5.00 Å². The molecule has 1 N–H and O–H groups in total. The van der Waals surface area contributed by atoms with Crippen molar-refractivity contribution in [3.05, 3.63) is 33.5 Å². The van der Waals surface area contributed by atoms with Crippen molar-refractivity contribution >= 4 is 22.2 Å². The van der Waals surface area contributed by atoms with E-state index in [1.807, 2.05) is 0 Å². The van der Waals surface area contributed by atoms with E-state index < -0.39 is 0 Å². The minimum atomic E-state index is -0.339. The lowest BCUT2D eigenvalue weighted by atomic mass is 9.72. The summed E-state index contributed by atoms with van der Waals surface area (Å²) in [5.74, 6) is 0.838. The minimum Gasteiger partial charge on any atom is -0.361 e. The molecule has 3 rings (SSSR count). The van der Waals surface area contributed by atoms with E-state index in [4.69, 9.17) is 4.52 Å². The van der Waals surface area contributed by atoms with Gasteiger partial charge in [0, 0.05) is 10.9 Å². The van der Waals surface area contributed by atoms with Crippen LogP contribution in [0.5, 0.6) is 0 Å². The number of fused-ring (bicyclic) bond motifs is 1. The Morgan fingerprint density at radius 3 is 2.83 bits per heavy atom. The van der Waals surface area contributed by atoms with Gasteiger partial charge < -0.3 is 9.84 Å². The molecule has 0 fully saturated rings. The highest BCUT2D eigenvalue weighted by Gasteiger charge is 2.32. The molecule has 1 aliphatic carbocycles. The van der Waals surface area contributed by atoms with Crippen LogP contribution in [-0.4, -0.2) is 11.1 Å². The summed E-state index contributed by atoms with van der Waals surface area (Å²) in [6.07, 6.45) is 2.95. The molecule has 6 heteroatoms. The zero-order chi connectivity index (χ0) is 17.5. The number of anilines is 1. The van der Waals surface area contributed by atoms with Crippen LogP contribution < -0.4 is 5.32 Å². The molecule has 1 amide bonds. The Morgan fingerprint density at radius 1 is 1.50 bits per heavy atom. The van der Waals surface area contributed by atoms with Crippen molar-refractivity contribution in [3.63, 3.8) is 0 Å². The molecule has 126 valence electrons. The molecule has 0 aromatic carbocycles. The minimum absolute atomic E-state index is 0.232. The monoisotopic (exact) mass is 343 g/mol. The summed E-state index contributed by atoms with van der Waals surface area (Å²) in [7, 11) is 0. The summed E-state index contributed by atoms with van der Waals surface area (Å²) in [6, 6.07) is 3.86. The van der Waals surface area contributed by atoms with Crippen molar-refractivity contribution in [2.24, 2.45) is 11.3 Å². The third-order valence-corrected chi connectivity index (χ3v) is 5.86. The number of carbonyl (C=O) groups excluding carboxylic acids is 1. The second-order valence-corrected chi connectivity index (χ2v) is 8.51. The Balaban J connectivity index is 1.87. The third kappa shape index (κ3) is 3.09. The SMILES string of the molecule is Cc1cc(C(=O)Nc2sc3c(c2C#N)CC[C@@H](C(C)(C)C)C3)no1. The van der Waals surface area contributed by atoms with Gasteiger partial charge in [-0.3, -0.25) is 4.79 Å². The molecule has 2 heterocycles. The summed E-state index contributed by atoms with van der Waals surface area (Å²) in [4.78, 5) is 13.5. The largest absolute Gasteiger partial charge is 0.361 e. The molecule has 0 radical (unpaired) electrons. The first-order valence-electron chi connectivity index (χ1n) is 8.09. The third-order valence-electron chi connectivity index (χ3n) is 4.69. The second-order valence-electron chi connectivity index (χ2n) is 7.40. The molecular weight excluding hydrogens is 322 g/mol. The van der Waals surface area contributed by atoms with E-state index in [1.54, 1.807) is 13.0 Å². The van der Waals surface area contributed by atoms with Gasteiger partial charge >= 0.3 is 0 Å². The number of nitriles is 1. The Bertz CT molecular complexity index is 820. The molecule has 0 aliphatic heterocycles. The number of thiophene rings is 1. The fourth-order valence-corrected chi connectivity index (χ4v) is 4.44. The highest BCUT2D eigenvalue weighted by atomic mass is 32.1. The van der Waals surface area contributed by atoms with E-state index in [1.165, 1.54) is 16.2 Å². The zero-order valence-corrected chi connectivity index (χ0v) is 15.2. The van der Waals surface area contributed by atoms with Crippen LogP contribution in [0.2, 0.25) is 0 Å². The van der Waals surface area contributed by atoms with E-state index in [0.29, 0.717) is 22.2 Å². The van der Waals surface area contributed by atoms with E-state index in [-0.39, 0.29) is 17.0 Å². The average Bonchev–Trinajstić information content (AvgIpc) is 3.08. The molecule has 0 saturated carbocycles. The molecule has 24 heavy (non-hydrogen) atoms. The summed E-state index contributed by atoms with van der Waals surface area (Å²) in [6.45, 7) is 8.52. The number of hydrogen-bond acceptors (Lipinski definition) is 5. The molecule has 2 aromatic rings. The zero-order valence-electron chi connectivity index (χ0n) is 14.4. The Labute approximate surface area is 145 Å². The van der Waals surface area contributed by atoms with E-state index in [2.05, 4.69) is 37.3 Å². The summed E-state index contributed by atoms with van der Waals surface area (Å²) in [5, 5.41) is 16.7. The van der Waals surface area contributed by atoms with Gasteiger partial charge in [0.15, 0.2) is 5.69 Å². The maximum atomic E-state index is 12.3. The number of aryl methyl sites for hydroxylation is 1.